The van der Waals surface area contributed by atoms with Crippen LogP contribution in [0.25, 0.3) is 3.58 Å². The van der Waals surface area contributed by atoms with Crippen LogP contribution < -0.4 is 0 Å². The lowest BCUT2D eigenvalue weighted by Gasteiger charge is -2.22. The van der Waals surface area contributed by atoms with Crippen LogP contribution in [0, 0.1) is 22.5 Å². The number of ether oxygens (including phenoxy) is 1. The first-order chi connectivity index (χ1) is 15.0. The van der Waals surface area contributed by atoms with Gasteiger partial charge in [-0.05, 0) is 71.8 Å². The molecule has 0 aliphatic carbocycles. The molecule has 8 nitrogen and oxygen atoms in total. The molecule has 0 saturated carbocycles. The van der Waals surface area contributed by atoms with E-state index in [2.05, 4.69) is 22.6 Å². The van der Waals surface area contributed by atoms with E-state index in [-0.39, 0.29) is 18.0 Å². The third-order valence-corrected chi connectivity index (χ3v) is 8.63. The molecule has 0 bridgehead atoms. The van der Waals surface area contributed by atoms with Gasteiger partial charge in [-0.25, -0.2) is 13.2 Å². The molecule has 10 heteroatoms. The van der Waals surface area contributed by atoms with E-state index < -0.39 is 32.9 Å². The summed E-state index contributed by atoms with van der Waals surface area (Å²) in [6.07, 6.45) is 0. The van der Waals surface area contributed by atoms with Crippen LogP contribution in [0.5, 0.6) is 0 Å². The molecule has 1 aliphatic rings. The number of hydrogen-bond acceptors (Lipinski definition) is 6. The summed E-state index contributed by atoms with van der Waals surface area (Å²) in [6, 6.07) is 13.2. The van der Waals surface area contributed by atoms with Crippen molar-refractivity contribution in [3.8, 4) is 0 Å². The van der Waals surface area contributed by atoms with Gasteiger partial charge in [0.2, 0.25) is 16.6 Å². The van der Waals surface area contributed by atoms with Crippen LogP contribution in [0.3, 0.4) is 0 Å². The Bertz CT molecular complexity index is 1180. The minimum atomic E-state index is -3.82. The number of halogens is 1. The zero-order valence-corrected chi connectivity index (χ0v) is 20.8. The van der Waals surface area contributed by atoms with Crippen LogP contribution in [-0.2, 0) is 14.8 Å². The monoisotopic (exact) mass is 570 g/mol. The Labute approximate surface area is 200 Å². The predicted molar refractivity (Wildman–Crippen MR) is 129 cm³/mol. The van der Waals surface area contributed by atoms with Crippen molar-refractivity contribution in [2.75, 3.05) is 26.7 Å². The third kappa shape index (κ3) is 4.86. The van der Waals surface area contributed by atoms with Crippen LogP contribution in [0.4, 0.5) is 0 Å². The Morgan fingerprint density at radius 2 is 1.72 bits per heavy atom. The van der Waals surface area contributed by atoms with Crippen molar-refractivity contribution in [2.24, 2.45) is 5.41 Å². The Balaban J connectivity index is 2.03. The smallest absolute Gasteiger partial charge is 0.337 e. The second kappa shape index (κ2) is 9.28. The van der Waals surface area contributed by atoms with E-state index >= 15 is 0 Å². The number of carbonyl (C=O) groups excluding carboxylic acids is 1. The first kappa shape index (κ1) is 24.3. The molecule has 0 spiro atoms. The highest BCUT2D eigenvalue weighted by molar-refractivity contribution is 14.1. The van der Waals surface area contributed by atoms with Crippen LogP contribution in [-0.4, -0.2) is 50.4 Å². The first-order valence-corrected chi connectivity index (χ1v) is 12.3. The average Bonchev–Trinajstić information content (AvgIpc) is 3.10. The molecule has 1 atom stereocenters. The number of methoxy groups -OCH3 is 1. The van der Waals surface area contributed by atoms with E-state index in [9.17, 15) is 23.3 Å². The molecule has 1 fully saturated rings. The van der Waals surface area contributed by atoms with Crippen molar-refractivity contribution in [3.63, 3.8) is 0 Å². The first-order valence-electron chi connectivity index (χ1n) is 9.74. The molecule has 3 rings (SSSR count). The maximum absolute atomic E-state index is 13.3. The number of hydrogen-bond donors (Lipinski definition) is 0. The number of rotatable bonds is 6. The zero-order valence-electron chi connectivity index (χ0n) is 17.9. The van der Waals surface area contributed by atoms with Gasteiger partial charge in [-0.15, -0.1) is 0 Å². The number of nitrogens with zero attached hydrogens (tertiary/aromatic N) is 2. The fraction of sp³-hybridized carbons (Fsp3) is 0.318. The molecule has 1 saturated heterocycles. The highest BCUT2D eigenvalue weighted by Gasteiger charge is 2.48. The minimum Gasteiger partial charge on any atom is -0.465 e. The van der Waals surface area contributed by atoms with Gasteiger partial charge in [0.1, 0.15) is 0 Å². The summed E-state index contributed by atoms with van der Waals surface area (Å²) in [5, 5.41) is 11.4. The number of esters is 1. The van der Waals surface area contributed by atoms with Gasteiger partial charge >= 0.3 is 5.97 Å². The molecule has 2 aromatic rings. The molecule has 0 aromatic heterocycles. The second-order valence-electron chi connectivity index (χ2n) is 8.00. The van der Waals surface area contributed by atoms with E-state index in [1.165, 1.54) is 11.4 Å². The summed E-state index contributed by atoms with van der Waals surface area (Å²) >= 11 is 2.10. The largest absolute Gasteiger partial charge is 0.465 e. The van der Waals surface area contributed by atoms with Gasteiger partial charge in [-0.2, -0.15) is 4.31 Å². The summed E-state index contributed by atoms with van der Waals surface area (Å²) in [6.45, 7) is 3.26. The maximum Gasteiger partial charge on any atom is 0.337 e. The molecule has 0 unspecified atom stereocenters. The molecule has 2 aromatic carbocycles. The Morgan fingerprint density at radius 1 is 1.16 bits per heavy atom. The van der Waals surface area contributed by atoms with Crippen LogP contribution in [0.1, 0.15) is 28.4 Å². The van der Waals surface area contributed by atoms with Crippen LogP contribution >= 0.6 is 22.6 Å². The molecule has 170 valence electrons. The number of nitro groups is 1. The summed E-state index contributed by atoms with van der Waals surface area (Å²) < 4.78 is 33.3. The average molecular weight is 570 g/mol. The van der Waals surface area contributed by atoms with Gasteiger partial charge < -0.3 is 4.74 Å². The quantitative estimate of drug-likeness (QED) is 0.226. The standard InChI is InChI=1S/C22H23IN2O6S/c1-15-4-10-18(11-5-15)32(29,30)24-12-19(22(2,13-24)14-25(27)28)20(23)16-6-8-17(9-7-16)21(26)31-3/h4-11H,12-14H2,1-3H3/b20-19+/t22-/m1/s1. The van der Waals surface area contributed by atoms with Gasteiger partial charge in [-0.1, -0.05) is 29.8 Å². The summed E-state index contributed by atoms with van der Waals surface area (Å²) in [5.41, 5.74) is 1.77. The van der Waals surface area contributed by atoms with E-state index in [4.69, 9.17) is 4.74 Å². The van der Waals surface area contributed by atoms with Crippen molar-refractivity contribution >= 4 is 42.2 Å². The van der Waals surface area contributed by atoms with Crippen LogP contribution in [0.2, 0.25) is 0 Å². The zero-order chi connectivity index (χ0) is 23.7. The summed E-state index contributed by atoms with van der Waals surface area (Å²) in [5.74, 6) is -0.464. The molecular formula is C22H23IN2O6S. The lowest BCUT2D eigenvalue weighted by atomic mass is 9.84. The van der Waals surface area contributed by atoms with Crippen molar-refractivity contribution in [1.29, 1.82) is 0 Å². The highest BCUT2D eigenvalue weighted by Crippen LogP contribution is 2.44. The fourth-order valence-electron chi connectivity index (χ4n) is 3.75. The molecule has 0 N–H and O–H groups in total. The molecule has 1 aliphatic heterocycles. The molecule has 1 heterocycles. The number of aryl methyl sites for hydroxylation is 1. The number of sulfonamides is 1. The fourth-order valence-corrected chi connectivity index (χ4v) is 6.46. The molecule has 32 heavy (non-hydrogen) atoms. The Hall–Kier alpha value is -2.31. The maximum atomic E-state index is 13.3. The van der Waals surface area contributed by atoms with Gasteiger partial charge in [-0.3, -0.25) is 10.1 Å². The SMILES string of the molecule is COC(=O)c1ccc(/C(I)=C2/CN(S(=O)(=O)c3ccc(C)cc3)C[C@]2(C)C[N+](=O)[O-])cc1. The molecule has 0 radical (unpaired) electrons. The van der Waals surface area contributed by atoms with E-state index in [1.807, 2.05) is 6.92 Å². The predicted octanol–water partition coefficient (Wildman–Crippen LogP) is 3.92. The topological polar surface area (TPSA) is 107 Å². The van der Waals surface area contributed by atoms with Crippen molar-refractivity contribution in [1.82, 2.24) is 4.31 Å². The van der Waals surface area contributed by atoms with Crippen molar-refractivity contribution in [3.05, 3.63) is 80.9 Å². The summed E-state index contributed by atoms with van der Waals surface area (Å²) in [4.78, 5) is 22.9. The summed E-state index contributed by atoms with van der Waals surface area (Å²) in [7, 11) is -2.52. The van der Waals surface area contributed by atoms with Gasteiger partial charge in [0, 0.05) is 21.6 Å². The normalized spacial score (nSPS) is 20.8. The van der Waals surface area contributed by atoms with E-state index in [1.54, 1.807) is 55.5 Å². The van der Waals surface area contributed by atoms with E-state index in [0.717, 1.165) is 14.7 Å². The molecular weight excluding hydrogens is 547 g/mol. The Morgan fingerprint density at radius 3 is 2.25 bits per heavy atom. The van der Waals surface area contributed by atoms with Gasteiger partial charge in [0.15, 0.2) is 0 Å². The van der Waals surface area contributed by atoms with Gasteiger partial charge in [0.05, 0.1) is 23.0 Å². The molecule has 0 amide bonds. The van der Waals surface area contributed by atoms with Crippen LogP contribution in [0.15, 0.2) is 59.0 Å². The Kier molecular flexibility index (Phi) is 7.06. The number of carbonyl (C=O) groups is 1. The lowest BCUT2D eigenvalue weighted by molar-refractivity contribution is -0.493. The highest BCUT2D eigenvalue weighted by atomic mass is 127. The van der Waals surface area contributed by atoms with Crippen molar-refractivity contribution < 1.29 is 22.9 Å². The number of benzene rings is 2. The van der Waals surface area contributed by atoms with Crippen molar-refractivity contribution in [2.45, 2.75) is 18.7 Å². The minimum absolute atomic E-state index is 0.00622. The lowest BCUT2D eigenvalue weighted by Crippen LogP contribution is -2.34. The second-order valence-corrected chi connectivity index (χ2v) is 11.0. The van der Waals surface area contributed by atoms with Gasteiger partial charge in [0.25, 0.3) is 0 Å². The third-order valence-electron chi connectivity index (χ3n) is 5.55. The van der Waals surface area contributed by atoms with E-state index in [0.29, 0.717) is 11.1 Å².